The van der Waals surface area contributed by atoms with E-state index in [1.807, 2.05) is 31.2 Å². The number of amides is 1. The molecule has 2 N–H and O–H groups in total. The average Bonchev–Trinajstić information content (AvgIpc) is 3.16. The Morgan fingerprint density at radius 2 is 2.11 bits per heavy atom. The van der Waals surface area contributed by atoms with E-state index in [1.54, 1.807) is 6.92 Å². The molecule has 0 spiro atoms. The standard InChI is InChI=1S/C15H19NO3/c1-3-13(15(18)19)16-14(17)12-8-11(12)10-7-5-4-6-9(10)2/h4-7,11-13H,3,8H2,1-2H3,(H,16,17)(H,18,19). The van der Waals surface area contributed by atoms with Crippen molar-refractivity contribution in [2.45, 2.75) is 38.6 Å². The van der Waals surface area contributed by atoms with Gasteiger partial charge >= 0.3 is 5.97 Å². The van der Waals surface area contributed by atoms with Crippen LogP contribution in [-0.2, 0) is 9.59 Å². The predicted molar refractivity (Wildman–Crippen MR) is 71.9 cm³/mol. The van der Waals surface area contributed by atoms with Gasteiger partial charge in [0, 0.05) is 5.92 Å². The minimum atomic E-state index is -0.969. The molecule has 3 unspecified atom stereocenters. The largest absolute Gasteiger partial charge is 0.480 e. The molecule has 1 aromatic rings. The summed E-state index contributed by atoms with van der Waals surface area (Å²) < 4.78 is 0. The Morgan fingerprint density at radius 3 is 2.68 bits per heavy atom. The summed E-state index contributed by atoms with van der Waals surface area (Å²) in [5.41, 5.74) is 2.39. The molecule has 19 heavy (non-hydrogen) atoms. The van der Waals surface area contributed by atoms with Crippen molar-refractivity contribution in [2.24, 2.45) is 5.92 Å². The van der Waals surface area contributed by atoms with Crippen LogP contribution in [0.5, 0.6) is 0 Å². The normalized spacial score (nSPS) is 22.6. The van der Waals surface area contributed by atoms with Crippen molar-refractivity contribution in [1.82, 2.24) is 5.32 Å². The summed E-state index contributed by atoms with van der Waals surface area (Å²) in [6.45, 7) is 3.79. The number of nitrogens with one attached hydrogen (secondary N) is 1. The Morgan fingerprint density at radius 1 is 1.42 bits per heavy atom. The van der Waals surface area contributed by atoms with Crippen LogP contribution < -0.4 is 5.32 Å². The molecule has 0 saturated heterocycles. The average molecular weight is 261 g/mol. The van der Waals surface area contributed by atoms with E-state index in [0.717, 1.165) is 6.42 Å². The second-order valence-corrected chi connectivity index (χ2v) is 5.11. The molecule has 1 saturated carbocycles. The van der Waals surface area contributed by atoms with Crippen molar-refractivity contribution in [1.29, 1.82) is 0 Å². The molecule has 0 heterocycles. The van der Waals surface area contributed by atoms with Gasteiger partial charge in [-0.25, -0.2) is 4.79 Å². The van der Waals surface area contributed by atoms with Gasteiger partial charge in [-0.15, -0.1) is 0 Å². The lowest BCUT2D eigenvalue weighted by molar-refractivity contribution is -0.142. The zero-order valence-electron chi connectivity index (χ0n) is 11.2. The zero-order valence-corrected chi connectivity index (χ0v) is 11.2. The Labute approximate surface area is 112 Å². The van der Waals surface area contributed by atoms with Crippen molar-refractivity contribution >= 4 is 11.9 Å². The number of hydrogen-bond donors (Lipinski definition) is 2. The number of carboxylic acid groups (broad SMARTS) is 1. The molecule has 0 aromatic heterocycles. The number of hydrogen-bond acceptors (Lipinski definition) is 2. The zero-order chi connectivity index (χ0) is 14.0. The molecule has 4 heteroatoms. The lowest BCUT2D eigenvalue weighted by atomic mass is 10.0. The molecule has 0 bridgehead atoms. The van der Waals surface area contributed by atoms with Gasteiger partial charge in [-0.2, -0.15) is 0 Å². The quantitative estimate of drug-likeness (QED) is 0.852. The molecule has 102 valence electrons. The van der Waals surface area contributed by atoms with Crippen molar-refractivity contribution < 1.29 is 14.7 Å². The number of carbonyl (C=O) groups is 2. The lowest BCUT2D eigenvalue weighted by Crippen LogP contribution is -2.41. The molecule has 4 nitrogen and oxygen atoms in total. The van der Waals surface area contributed by atoms with Gasteiger partial charge in [0.05, 0.1) is 0 Å². The fraction of sp³-hybridized carbons (Fsp3) is 0.467. The number of carboxylic acids is 1. The number of benzene rings is 1. The first-order valence-corrected chi connectivity index (χ1v) is 6.63. The van der Waals surface area contributed by atoms with Crippen molar-refractivity contribution in [2.75, 3.05) is 0 Å². The molecular formula is C15H19NO3. The van der Waals surface area contributed by atoms with E-state index >= 15 is 0 Å². The summed E-state index contributed by atoms with van der Waals surface area (Å²) in [6, 6.07) is 7.26. The highest BCUT2D eigenvalue weighted by atomic mass is 16.4. The molecule has 1 amide bonds. The van der Waals surface area contributed by atoms with Crippen molar-refractivity contribution in [3.05, 3.63) is 35.4 Å². The maximum atomic E-state index is 12.0. The first-order valence-electron chi connectivity index (χ1n) is 6.63. The number of rotatable bonds is 5. The highest BCUT2D eigenvalue weighted by Gasteiger charge is 2.45. The van der Waals surface area contributed by atoms with Gasteiger partial charge in [0.1, 0.15) is 6.04 Å². The van der Waals surface area contributed by atoms with Crippen LogP contribution in [0, 0.1) is 12.8 Å². The van der Waals surface area contributed by atoms with E-state index in [2.05, 4.69) is 5.32 Å². The Kier molecular flexibility index (Phi) is 3.88. The topological polar surface area (TPSA) is 66.4 Å². The Bertz CT molecular complexity index is 498. The third-order valence-electron chi connectivity index (χ3n) is 3.74. The molecule has 1 fully saturated rings. The van der Waals surface area contributed by atoms with Crippen LogP contribution >= 0.6 is 0 Å². The fourth-order valence-electron chi connectivity index (χ4n) is 2.45. The van der Waals surface area contributed by atoms with Crippen molar-refractivity contribution in [3.8, 4) is 0 Å². The molecule has 0 radical (unpaired) electrons. The predicted octanol–water partition coefficient (Wildman–Crippen LogP) is 2.08. The second-order valence-electron chi connectivity index (χ2n) is 5.11. The number of carbonyl (C=O) groups excluding carboxylic acids is 1. The highest BCUT2D eigenvalue weighted by molar-refractivity contribution is 5.87. The third-order valence-corrected chi connectivity index (χ3v) is 3.74. The molecule has 1 aromatic carbocycles. The highest BCUT2D eigenvalue weighted by Crippen LogP contribution is 2.48. The number of aryl methyl sites for hydroxylation is 1. The summed E-state index contributed by atoms with van der Waals surface area (Å²) in [5.74, 6) is -0.937. The minimum Gasteiger partial charge on any atom is -0.480 e. The second kappa shape index (κ2) is 5.43. The molecular weight excluding hydrogens is 242 g/mol. The van der Waals surface area contributed by atoms with Crippen LogP contribution in [0.3, 0.4) is 0 Å². The van der Waals surface area contributed by atoms with Gasteiger partial charge < -0.3 is 10.4 Å². The van der Waals surface area contributed by atoms with Crippen LogP contribution in [0.2, 0.25) is 0 Å². The molecule has 1 aliphatic carbocycles. The molecule has 0 aliphatic heterocycles. The molecule has 2 rings (SSSR count). The first-order chi connectivity index (χ1) is 9.04. The molecule has 1 aliphatic rings. The van der Waals surface area contributed by atoms with Gasteiger partial charge in [-0.1, -0.05) is 31.2 Å². The Balaban J connectivity index is 1.98. The molecule has 3 atom stereocenters. The summed E-state index contributed by atoms with van der Waals surface area (Å²) in [4.78, 5) is 22.9. The van der Waals surface area contributed by atoms with Gasteiger partial charge in [0.2, 0.25) is 5.91 Å². The monoisotopic (exact) mass is 261 g/mol. The minimum absolute atomic E-state index is 0.0745. The number of aliphatic carboxylic acids is 1. The van der Waals surface area contributed by atoms with Gasteiger partial charge in [-0.3, -0.25) is 4.79 Å². The van der Waals surface area contributed by atoms with E-state index in [0.29, 0.717) is 6.42 Å². The van der Waals surface area contributed by atoms with E-state index in [-0.39, 0.29) is 17.7 Å². The van der Waals surface area contributed by atoms with Crippen LogP contribution in [0.25, 0.3) is 0 Å². The van der Waals surface area contributed by atoms with Crippen LogP contribution in [0.15, 0.2) is 24.3 Å². The smallest absolute Gasteiger partial charge is 0.326 e. The van der Waals surface area contributed by atoms with E-state index in [1.165, 1.54) is 11.1 Å². The third kappa shape index (κ3) is 2.95. The van der Waals surface area contributed by atoms with E-state index in [9.17, 15) is 9.59 Å². The maximum Gasteiger partial charge on any atom is 0.326 e. The van der Waals surface area contributed by atoms with Crippen molar-refractivity contribution in [3.63, 3.8) is 0 Å². The van der Waals surface area contributed by atoms with E-state index in [4.69, 9.17) is 5.11 Å². The van der Waals surface area contributed by atoms with Crippen LogP contribution in [-0.4, -0.2) is 23.0 Å². The Hall–Kier alpha value is -1.84. The summed E-state index contributed by atoms with van der Waals surface area (Å²) in [7, 11) is 0. The van der Waals surface area contributed by atoms with Gasteiger partial charge in [-0.05, 0) is 36.8 Å². The fourth-order valence-corrected chi connectivity index (χ4v) is 2.45. The SMILES string of the molecule is CCC(NC(=O)C1CC1c1ccccc1C)C(=O)O. The van der Waals surface area contributed by atoms with Crippen LogP contribution in [0.1, 0.15) is 36.8 Å². The maximum absolute atomic E-state index is 12.0. The summed E-state index contributed by atoms with van der Waals surface area (Å²) >= 11 is 0. The van der Waals surface area contributed by atoms with E-state index < -0.39 is 12.0 Å². The van der Waals surface area contributed by atoms with Gasteiger partial charge in [0.25, 0.3) is 0 Å². The van der Waals surface area contributed by atoms with Crippen LogP contribution in [0.4, 0.5) is 0 Å². The first kappa shape index (κ1) is 13.6. The lowest BCUT2D eigenvalue weighted by Gasteiger charge is -2.12. The van der Waals surface area contributed by atoms with Gasteiger partial charge in [0.15, 0.2) is 0 Å². The summed E-state index contributed by atoms with van der Waals surface area (Å²) in [5, 5.41) is 11.5. The summed E-state index contributed by atoms with van der Waals surface area (Å²) in [6.07, 6.45) is 1.22.